The number of aromatic hydroxyl groups is 1. The number of amides is 1. The first-order chi connectivity index (χ1) is 15.9. The van der Waals surface area contributed by atoms with Crippen LogP contribution < -0.4 is 14.4 Å². The van der Waals surface area contributed by atoms with Gasteiger partial charge in [-0.1, -0.05) is 18.2 Å². The van der Waals surface area contributed by atoms with Gasteiger partial charge in [0.1, 0.15) is 18.2 Å². The Hall–Kier alpha value is -3.78. The lowest BCUT2D eigenvalue weighted by Crippen LogP contribution is -2.21. The Morgan fingerprint density at radius 2 is 1.79 bits per heavy atom. The molecule has 0 fully saturated rings. The number of halogens is 1. The predicted octanol–water partition coefficient (Wildman–Crippen LogP) is 5.23. The van der Waals surface area contributed by atoms with Crippen molar-refractivity contribution in [3.63, 3.8) is 0 Å². The molecule has 6 nitrogen and oxygen atoms in total. The summed E-state index contributed by atoms with van der Waals surface area (Å²) in [6.07, 6.45) is 1.75. The van der Waals surface area contributed by atoms with E-state index in [0.717, 1.165) is 16.8 Å². The summed E-state index contributed by atoms with van der Waals surface area (Å²) in [7, 11) is 3.35. The maximum Gasteiger partial charge on any atom is 0.286 e. The number of thioether (sulfide) groups is 1. The van der Waals surface area contributed by atoms with Gasteiger partial charge in [0.05, 0.1) is 12.0 Å². The smallest absolute Gasteiger partial charge is 0.286 e. The van der Waals surface area contributed by atoms with Crippen LogP contribution in [0, 0.1) is 5.82 Å². The van der Waals surface area contributed by atoms with Crippen molar-refractivity contribution in [2.75, 3.05) is 19.1 Å². The van der Waals surface area contributed by atoms with Crippen molar-refractivity contribution in [3.8, 4) is 17.2 Å². The van der Waals surface area contributed by atoms with Crippen molar-refractivity contribution < 1.29 is 23.8 Å². The second-order valence-electron chi connectivity index (χ2n) is 7.21. The summed E-state index contributed by atoms with van der Waals surface area (Å²) in [4.78, 5) is 18.9. The minimum absolute atomic E-state index is 0.170. The summed E-state index contributed by atoms with van der Waals surface area (Å²) in [5.41, 5.74) is 2.40. The molecule has 0 saturated carbocycles. The van der Waals surface area contributed by atoms with Crippen LogP contribution in [0.5, 0.6) is 17.2 Å². The van der Waals surface area contributed by atoms with E-state index in [9.17, 15) is 14.3 Å². The summed E-state index contributed by atoms with van der Waals surface area (Å²) in [6, 6.07) is 18.1. The summed E-state index contributed by atoms with van der Waals surface area (Å²) < 4.78 is 24.3. The number of phenols is 1. The Morgan fingerprint density at radius 1 is 1.06 bits per heavy atom. The fourth-order valence-corrected chi connectivity index (χ4v) is 4.01. The normalized spacial score (nSPS) is 14.3. The number of hydrogen-bond donors (Lipinski definition) is 1. The molecule has 1 aliphatic rings. The summed E-state index contributed by atoms with van der Waals surface area (Å²) in [5, 5.41) is 10.0. The van der Waals surface area contributed by atoms with Gasteiger partial charge in [-0.2, -0.15) is 4.99 Å². The minimum atomic E-state index is -0.323. The minimum Gasteiger partial charge on any atom is -0.508 e. The maximum absolute atomic E-state index is 13.1. The van der Waals surface area contributed by atoms with Crippen LogP contribution in [-0.4, -0.2) is 30.3 Å². The van der Waals surface area contributed by atoms with Crippen LogP contribution in [0.25, 0.3) is 6.08 Å². The van der Waals surface area contributed by atoms with Crippen LogP contribution >= 0.6 is 11.8 Å². The Morgan fingerprint density at radius 3 is 2.48 bits per heavy atom. The summed E-state index contributed by atoms with van der Waals surface area (Å²) >= 11 is 1.27. The zero-order valence-corrected chi connectivity index (χ0v) is 18.8. The topological polar surface area (TPSA) is 71.4 Å². The predicted molar refractivity (Wildman–Crippen MR) is 128 cm³/mol. The SMILES string of the molecule is COc1cc(C=C2SC(N(C)c3ccc(O)cc3)=NC2=O)ccc1OCc1ccc(F)cc1. The molecule has 0 aliphatic carbocycles. The number of nitrogens with zero attached hydrogens (tertiary/aromatic N) is 2. The van der Waals surface area contributed by atoms with E-state index in [-0.39, 0.29) is 24.1 Å². The van der Waals surface area contributed by atoms with Crippen molar-refractivity contribution in [1.82, 2.24) is 0 Å². The van der Waals surface area contributed by atoms with Crippen molar-refractivity contribution in [1.29, 1.82) is 0 Å². The molecule has 1 aliphatic heterocycles. The van der Waals surface area contributed by atoms with Crippen LogP contribution in [-0.2, 0) is 11.4 Å². The van der Waals surface area contributed by atoms with Crippen LogP contribution in [0.2, 0.25) is 0 Å². The highest BCUT2D eigenvalue weighted by molar-refractivity contribution is 8.18. The number of benzene rings is 3. The molecule has 0 unspecified atom stereocenters. The molecule has 0 aromatic heterocycles. The van der Waals surface area contributed by atoms with Crippen molar-refractivity contribution >= 4 is 34.6 Å². The molecule has 1 N–H and O–H groups in total. The Kier molecular flexibility index (Phi) is 6.65. The first-order valence-corrected chi connectivity index (χ1v) is 10.8. The first kappa shape index (κ1) is 22.4. The average Bonchev–Trinajstić information content (AvgIpc) is 3.19. The van der Waals surface area contributed by atoms with Gasteiger partial charge >= 0.3 is 0 Å². The molecule has 0 spiro atoms. The molecule has 0 bridgehead atoms. The number of anilines is 1. The molecular weight excluding hydrogens is 443 g/mol. The Bertz CT molecular complexity index is 1220. The number of methoxy groups -OCH3 is 1. The van der Waals surface area contributed by atoms with Crippen LogP contribution in [0.4, 0.5) is 10.1 Å². The fraction of sp³-hybridized carbons (Fsp3) is 0.120. The number of aliphatic imine (C=N–C) groups is 1. The molecule has 3 aromatic carbocycles. The standard InChI is InChI=1S/C25H21FN2O4S/c1-28(19-8-10-20(29)11-9-19)25-27-24(30)23(33-25)14-17-5-12-21(22(13-17)31-2)32-15-16-3-6-18(26)7-4-16/h3-14,29H,15H2,1-2H3. The van der Waals surface area contributed by atoms with E-state index in [1.54, 1.807) is 66.6 Å². The molecule has 0 radical (unpaired) electrons. The third-order valence-electron chi connectivity index (χ3n) is 4.93. The van der Waals surface area contributed by atoms with Gasteiger partial charge in [-0.05, 0) is 77.5 Å². The number of carbonyl (C=O) groups is 1. The van der Waals surface area contributed by atoms with Gasteiger partial charge < -0.3 is 19.5 Å². The zero-order valence-electron chi connectivity index (χ0n) is 18.0. The van der Waals surface area contributed by atoms with Gasteiger partial charge in [-0.3, -0.25) is 4.79 Å². The second-order valence-corrected chi connectivity index (χ2v) is 8.22. The number of ether oxygens (including phenoxy) is 2. The molecule has 0 atom stereocenters. The zero-order chi connectivity index (χ0) is 23.4. The molecule has 4 rings (SSSR count). The van der Waals surface area contributed by atoms with Gasteiger partial charge in [0, 0.05) is 12.7 Å². The molecule has 1 amide bonds. The summed E-state index contributed by atoms with van der Waals surface area (Å²) in [6.45, 7) is 0.270. The average molecular weight is 465 g/mol. The van der Waals surface area contributed by atoms with E-state index >= 15 is 0 Å². The van der Waals surface area contributed by atoms with Gasteiger partial charge in [-0.25, -0.2) is 4.39 Å². The lowest BCUT2D eigenvalue weighted by Gasteiger charge is -2.17. The van der Waals surface area contributed by atoms with Gasteiger partial charge in [0.25, 0.3) is 5.91 Å². The molecule has 0 saturated heterocycles. The number of phenolic OH excluding ortho intramolecular Hbond substituents is 1. The molecular formula is C25H21FN2O4S. The number of carbonyl (C=O) groups excluding carboxylic acids is 1. The number of rotatable bonds is 6. The highest BCUT2D eigenvalue weighted by atomic mass is 32.2. The fourth-order valence-electron chi connectivity index (χ4n) is 3.11. The lowest BCUT2D eigenvalue weighted by atomic mass is 10.2. The monoisotopic (exact) mass is 464 g/mol. The molecule has 8 heteroatoms. The summed E-state index contributed by atoms with van der Waals surface area (Å²) in [5.74, 6) is 0.609. The van der Waals surface area contributed by atoms with Crippen molar-refractivity contribution in [2.24, 2.45) is 4.99 Å². The first-order valence-electron chi connectivity index (χ1n) is 10.0. The number of amidine groups is 1. The second kappa shape index (κ2) is 9.79. The van der Waals surface area contributed by atoms with Crippen molar-refractivity contribution in [3.05, 3.63) is 88.6 Å². The van der Waals surface area contributed by atoms with E-state index in [1.807, 2.05) is 13.1 Å². The van der Waals surface area contributed by atoms with E-state index in [0.29, 0.717) is 21.6 Å². The van der Waals surface area contributed by atoms with E-state index < -0.39 is 0 Å². The third kappa shape index (κ3) is 5.35. The Balaban J connectivity index is 1.46. The van der Waals surface area contributed by atoms with E-state index in [2.05, 4.69) is 4.99 Å². The molecule has 3 aromatic rings. The highest BCUT2D eigenvalue weighted by Crippen LogP contribution is 2.34. The van der Waals surface area contributed by atoms with E-state index in [1.165, 1.54) is 23.9 Å². The molecule has 33 heavy (non-hydrogen) atoms. The maximum atomic E-state index is 13.1. The van der Waals surface area contributed by atoms with E-state index in [4.69, 9.17) is 9.47 Å². The molecule has 168 valence electrons. The highest BCUT2D eigenvalue weighted by Gasteiger charge is 2.25. The van der Waals surface area contributed by atoms with Gasteiger partial charge in [0.2, 0.25) is 0 Å². The Labute approximate surface area is 195 Å². The van der Waals surface area contributed by atoms with Gasteiger partial charge in [-0.15, -0.1) is 0 Å². The largest absolute Gasteiger partial charge is 0.508 e. The van der Waals surface area contributed by atoms with Crippen molar-refractivity contribution in [2.45, 2.75) is 6.61 Å². The van der Waals surface area contributed by atoms with Crippen LogP contribution in [0.15, 0.2) is 76.6 Å². The quantitative estimate of drug-likeness (QED) is 0.504. The van der Waals surface area contributed by atoms with Crippen LogP contribution in [0.1, 0.15) is 11.1 Å². The lowest BCUT2D eigenvalue weighted by molar-refractivity contribution is -0.113. The van der Waals surface area contributed by atoms with Crippen LogP contribution in [0.3, 0.4) is 0 Å². The number of hydrogen-bond acceptors (Lipinski definition) is 6. The van der Waals surface area contributed by atoms with Gasteiger partial charge in [0.15, 0.2) is 16.7 Å². The third-order valence-corrected chi connectivity index (χ3v) is 5.99. The molecule has 1 heterocycles.